The fourth-order valence-electron chi connectivity index (χ4n) is 6.21. The van der Waals surface area contributed by atoms with Crippen LogP contribution in [0.2, 0.25) is 0 Å². The van der Waals surface area contributed by atoms with Crippen LogP contribution >= 0.6 is 0 Å². The fraction of sp³-hybridized carbons (Fsp3) is 0.433. The lowest BCUT2D eigenvalue weighted by Gasteiger charge is -2.41. The van der Waals surface area contributed by atoms with Crippen molar-refractivity contribution in [3.05, 3.63) is 72.7 Å². The summed E-state index contributed by atoms with van der Waals surface area (Å²) in [5.74, 6) is -0.929. The third-order valence-electron chi connectivity index (χ3n) is 8.26. The average Bonchev–Trinajstić information content (AvgIpc) is 3.42. The molecular formula is C30H36N4O7S. The number of benzene rings is 2. The zero-order chi connectivity index (χ0) is 29.9. The van der Waals surface area contributed by atoms with Gasteiger partial charge in [0, 0.05) is 32.3 Å². The van der Waals surface area contributed by atoms with E-state index in [2.05, 4.69) is 4.98 Å². The summed E-state index contributed by atoms with van der Waals surface area (Å²) >= 11 is 0. The number of hydrogen-bond donors (Lipinski definition) is 2. The summed E-state index contributed by atoms with van der Waals surface area (Å²) in [6.45, 7) is 0.0352. The van der Waals surface area contributed by atoms with E-state index in [1.54, 1.807) is 31.6 Å². The first-order valence-electron chi connectivity index (χ1n) is 14.0. The molecule has 2 aromatic carbocycles. The van der Waals surface area contributed by atoms with Crippen LogP contribution in [0.25, 0.3) is 11.3 Å². The van der Waals surface area contributed by atoms with Crippen LogP contribution in [0.5, 0.6) is 0 Å². The van der Waals surface area contributed by atoms with Gasteiger partial charge in [-0.15, -0.1) is 0 Å². The van der Waals surface area contributed by atoms with E-state index in [0.717, 1.165) is 23.3 Å². The number of ether oxygens (including phenoxy) is 1. The van der Waals surface area contributed by atoms with Crippen molar-refractivity contribution >= 4 is 21.8 Å². The zero-order valence-electron chi connectivity index (χ0n) is 23.5. The maximum atomic E-state index is 14.3. The summed E-state index contributed by atoms with van der Waals surface area (Å²) in [5, 5.41) is 21.3. The van der Waals surface area contributed by atoms with Crippen molar-refractivity contribution in [2.24, 2.45) is 0 Å². The number of methoxy groups -OCH3 is 1. The molecular weight excluding hydrogens is 560 g/mol. The molecule has 0 unspecified atom stereocenters. The van der Waals surface area contributed by atoms with Gasteiger partial charge in [0.2, 0.25) is 0 Å². The summed E-state index contributed by atoms with van der Waals surface area (Å²) in [5.41, 5.74) is 0.211. The summed E-state index contributed by atoms with van der Waals surface area (Å²) in [4.78, 5) is 33.4. The largest absolute Gasteiger partial charge is 0.465 e. The third kappa shape index (κ3) is 5.92. The fourth-order valence-corrected chi connectivity index (χ4v) is 7.76. The summed E-state index contributed by atoms with van der Waals surface area (Å²) < 4.78 is 33.9. The molecule has 42 heavy (non-hydrogen) atoms. The first-order valence-corrected chi connectivity index (χ1v) is 15.7. The molecule has 2 amide bonds. The van der Waals surface area contributed by atoms with Gasteiger partial charge in [-0.2, -0.15) is 0 Å². The maximum Gasteiger partial charge on any atom is 0.407 e. The molecule has 3 aromatic rings. The lowest BCUT2D eigenvalue weighted by atomic mass is 9.80. The van der Waals surface area contributed by atoms with Gasteiger partial charge in [-0.25, -0.2) is 18.2 Å². The number of aromatic nitrogens is 2. The number of aliphatic hydroxyl groups is 1. The highest BCUT2D eigenvalue weighted by atomic mass is 32.2. The minimum atomic E-state index is -3.84. The molecule has 5 rings (SSSR count). The lowest BCUT2D eigenvalue weighted by Crippen LogP contribution is -2.58. The molecule has 2 N–H and O–H groups in total. The van der Waals surface area contributed by atoms with Crippen LogP contribution in [0.4, 0.5) is 4.79 Å². The number of rotatable bonds is 8. The number of sulfone groups is 1. The molecule has 224 valence electrons. The number of carbonyl (C=O) groups excluding carboxylic acids is 1. The van der Waals surface area contributed by atoms with Gasteiger partial charge in [0.25, 0.3) is 5.91 Å². The minimum Gasteiger partial charge on any atom is -0.465 e. The van der Waals surface area contributed by atoms with Crippen LogP contribution in [0.1, 0.15) is 42.2 Å². The maximum absolute atomic E-state index is 14.3. The Hall–Kier alpha value is -3.74. The number of amides is 2. The van der Waals surface area contributed by atoms with E-state index >= 15 is 0 Å². The van der Waals surface area contributed by atoms with Crippen molar-refractivity contribution in [2.75, 3.05) is 39.1 Å². The molecule has 3 atom stereocenters. The van der Waals surface area contributed by atoms with E-state index in [-0.39, 0.29) is 36.8 Å². The Labute approximate surface area is 245 Å². The quantitative estimate of drug-likeness (QED) is 0.403. The van der Waals surface area contributed by atoms with E-state index in [0.29, 0.717) is 18.5 Å². The number of nitrogens with zero attached hydrogens (tertiary/aromatic N) is 4. The van der Waals surface area contributed by atoms with Crippen molar-refractivity contribution in [1.82, 2.24) is 19.4 Å². The second kappa shape index (κ2) is 12.2. The van der Waals surface area contributed by atoms with Gasteiger partial charge in [0.1, 0.15) is 5.60 Å². The Bertz CT molecular complexity index is 1510. The van der Waals surface area contributed by atoms with Gasteiger partial charge >= 0.3 is 6.09 Å². The second-order valence-corrected chi connectivity index (χ2v) is 13.0. The van der Waals surface area contributed by atoms with E-state index in [4.69, 9.17) is 4.74 Å². The van der Waals surface area contributed by atoms with Crippen molar-refractivity contribution in [3.8, 4) is 11.3 Å². The van der Waals surface area contributed by atoms with Crippen molar-refractivity contribution in [2.45, 2.75) is 48.3 Å². The van der Waals surface area contributed by atoms with Crippen molar-refractivity contribution in [1.29, 1.82) is 0 Å². The molecule has 1 aliphatic heterocycles. The molecule has 1 aliphatic carbocycles. The first kappa shape index (κ1) is 29.7. The van der Waals surface area contributed by atoms with Crippen LogP contribution in [0.3, 0.4) is 0 Å². The number of piperazine rings is 1. The number of carbonyl (C=O) groups is 2. The summed E-state index contributed by atoms with van der Waals surface area (Å²) in [6, 6.07) is 15.9. The van der Waals surface area contributed by atoms with Gasteiger partial charge in [-0.3, -0.25) is 4.79 Å². The molecule has 0 spiro atoms. The normalized spacial score (nSPS) is 23.1. The smallest absolute Gasteiger partial charge is 0.407 e. The van der Waals surface area contributed by atoms with E-state index < -0.39 is 45.3 Å². The minimum absolute atomic E-state index is 0.0121. The average molecular weight is 597 g/mol. The third-order valence-corrected chi connectivity index (χ3v) is 10.1. The Morgan fingerprint density at radius 2 is 1.74 bits per heavy atom. The second-order valence-electron chi connectivity index (χ2n) is 11.0. The zero-order valence-corrected chi connectivity index (χ0v) is 24.3. The highest BCUT2D eigenvalue weighted by Crippen LogP contribution is 2.41. The Morgan fingerprint density at radius 1 is 1.05 bits per heavy atom. The molecule has 11 nitrogen and oxygen atoms in total. The van der Waals surface area contributed by atoms with Gasteiger partial charge in [-0.1, -0.05) is 61.4 Å². The van der Waals surface area contributed by atoms with Gasteiger partial charge in [-0.05, 0) is 25.0 Å². The Balaban J connectivity index is 1.55. The molecule has 2 heterocycles. The predicted octanol–water partition coefficient (Wildman–Crippen LogP) is 3.32. The monoisotopic (exact) mass is 596 g/mol. The van der Waals surface area contributed by atoms with Crippen molar-refractivity contribution < 1.29 is 33.0 Å². The van der Waals surface area contributed by atoms with Crippen LogP contribution in [0, 0.1) is 0 Å². The van der Waals surface area contributed by atoms with Gasteiger partial charge < -0.3 is 29.3 Å². The van der Waals surface area contributed by atoms with Crippen LogP contribution in [-0.2, 0) is 14.6 Å². The molecule has 0 bridgehead atoms. The van der Waals surface area contributed by atoms with Crippen LogP contribution in [0.15, 0.2) is 71.9 Å². The van der Waals surface area contributed by atoms with E-state index in [1.165, 1.54) is 17.0 Å². The predicted molar refractivity (Wildman–Crippen MR) is 155 cm³/mol. The topological polar surface area (TPSA) is 142 Å². The highest BCUT2D eigenvalue weighted by Gasteiger charge is 2.43. The Morgan fingerprint density at radius 3 is 2.40 bits per heavy atom. The first-order chi connectivity index (χ1) is 20.1. The molecule has 0 radical (unpaired) electrons. The molecule has 1 aromatic heterocycles. The number of hydrogen-bond acceptors (Lipinski definition) is 7. The SMILES string of the molecule is COC[C@]1(O)CCCC[C@H]1n1cnc(C(=O)N2CCN(C(=O)O)C[C@H]2CS(=O)(=O)c2ccccc2)c1-c1ccccc1. The molecule has 1 saturated carbocycles. The highest BCUT2D eigenvalue weighted by molar-refractivity contribution is 7.91. The van der Waals surface area contributed by atoms with Crippen LogP contribution < -0.4 is 0 Å². The summed E-state index contributed by atoms with van der Waals surface area (Å²) in [7, 11) is -2.29. The van der Waals surface area contributed by atoms with Crippen LogP contribution in [-0.4, -0.2) is 101 Å². The molecule has 1 saturated heterocycles. The van der Waals surface area contributed by atoms with Crippen molar-refractivity contribution in [3.63, 3.8) is 0 Å². The standard InChI is InChI=1S/C30H36N4O7S/c1-41-20-30(38)15-9-8-14-25(30)34-21-31-26(27(34)22-10-4-2-5-11-22)28(35)33-17-16-32(29(36)37)18-23(33)19-42(39,40)24-12-6-3-7-13-24/h2-7,10-13,21,23,25,38H,8-9,14-20H2,1H3,(H,36,37)/t23-,25+,30+/m0/s1. The molecule has 2 aliphatic rings. The lowest BCUT2D eigenvalue weighted by molar-refractivity contribution is -0.0893. The van der Waals surface area contributed by atoms with Gasteiger partial charge in [0.15, 0.2) is 15.5 Å². The van der Waals surface area contributed by atoms with Gasteiger partial charge in [0.05, 0.1) is 41.4 Å². The Kier molecular flexibility index (Phi) is 8.67. The number of imidazole rings is 1. The van der Waals surface area contributed by atoms with E-state index in [1.807, 2.05) is 34.9 Å². The summed E-state index contributed by atoms with van der Waals surface area (Å²) in [6.07, 6.45) is 3.34. The number of carboxylic acid groups (broad SMARTS) is 1. The van der Waals surface area contributed by atoms with E-state index in [9.17, 15) is 28.2 Å². The molecule has 2 fully saturated rings. The molecule has 12 heteroatoms.